The van der Waals surface area contributed by atoms with Crippen molar-refractivity contribution in [2.75, 3.05) is 13.2 Å². The van der Waals surface area contributed by atoms with E-state index in [1.54, 1.807) is 16.4 Å². The van der Waals surface area contributed by atoms with Gasteiger partial charge in [-0.05, 0) is 31.5 Å². The van der Waals surface area contributed by atoms with Gasteiger partial charge in [0.25, 0.3) is 0 Å². The Morgan fingerprint density at radius 3 is 2.35 bits per heavy atom. The lowest BCUT2D eigenvalue weighted by molar-refractivity contribution is -0.0288. The Hall–Kier alpha value is -1.69. The highest BCUT2D eigenvalue weighted by molar-refractivity contribution is 7.89. The van der Waals surface area contributed by atoms with Gasteiger partial charge in [0.15, 0.2) is 0 Å². The molecule has 0 N–H and O–H groups in total. The van der Waals surface area contributed by atoms with Crippen molar-refractivity contribution in [1.82, 2.24) is 4.31 Å². The van der Waals surface area contributed by atoms with E-state index in [9.17, 15) is 8.42 Å². The summed E-state index contributed by atoms with van der Waals surface area (Å²) in [5.41, 5.74) is 2.05. The van der Waals surface area contributed by atoms with E-state index in [1.807, 2.05) is 56.3 Å². The Balaban J connectivity index is 1.89. The van der Waals surface area contributed by atoms with Crippen molar-refractivity contribution < 1.29 is 13.2 Å². The molecule has 2 aromatic rings. The van der Waals surface area contributed by atoms with Crippen molar-refractivity contribution >= 4 is 10.0 Å². The third-order valence-corrected chi connectivity index (χ3v) is 6.17. The average molecular weight is 331 g/mol. The molecule has 2 aromatic carbocycles. The number of sulfonamides is 1. The van der Waals surface area contributed by atoms with E-state index >= 15 is 0 Å². The molecule has 0 spiro atoms. The van der Waals surface area contributed by atoms with Gasteiger partial charge < -0.3 is 4.74 Å². The standard InChI is InChI=1S/C18H21NO3S/c1-14-8-10-17(11-9-14)23(20,21)19-12-18(22-13-15(19)2)16-6-4-3-5-7-16/h3-11,15,18H,12-13H2,1-2H3/t15-,18+/m0/s1. The molecule has 3 rings (SSSR count). The van der Waals surface area contributed by atoms with Crippen LogP contribution in [0.25, 0.3) is 0 Å². The van der Waals surface area contributed by atoms with E-state index in [-0.39, 0.29) is 12.1 Å². The van der Waals surface area contributed by atoms with Crippen molar-refractivity contribution in [3.63, 3.8) is 0 Å². The third kappa shape index (κ3) is 3.32. The molecule has 1 fully saturated rings. The number of hydrogen-bond acceptors (Lipinski definition) is 3. The van der Waals surface area contributed by atoms with Gasteiger partial charge in [0.05, 0.1) is 17.6 Å². The number of aryl methyl sites for hydroxylation is 1. The van der Waals surface area contributed by atoms with E-state index < -0.39 is 10.0 Å². The molecule has 0 radical (unpaired) electrons. The van der Waals surface area contributed by atoms with Gasteiger partial charge in [0, 0.05) is 12.6 Å². The maximum atomic E-state index is 13.0. The van der Waals surface area contributed by atoms with Crippen molar-refractivity contribution in [2.24, 2.45) is 0 Å². The van der Waals surface area contributed by atoms with Crippen LogP contribution in [0.15, 0.2) is 59.5 Å². The summed E-state index contributed by atoms with van der Waals surface area (Å²) < 4.78 is 33.3. The fourth-order valence-corrected chi connectivity index (χ4v) is 4.40. The lowest BCUT2D eigenvalue weighted by Crippen LogP contribution is -2.48. The summed E-state index contributed by atoms with van der Waals surface area (Å²) in [6.07, 6.45) is -0.229. The van der Waals surface area contributed by atoms with Crippen LogP contribution >= 0.6 is 0 Å². The summed E-state index contributed by atoms with van der Waals surface area (Å²) in [6.45, 7) is 4.55. The second-order valence-electron chi connectivity index (χ2n) is 5.97. The van der Waals surface area contributed by atoms with Crippen molar-refractivity contribution in [2.45, 2.75) is 30.9 Å². The summed E-state index contributed by atoms with van der Waals surface area (Å²) in [5.74, 6) is 0. The third-order valence-electron chi connectivity index (χ3n) is 4.17. The fraction of sp³-hybridized carbons (Fsp3) is 0.333. The molecule has 1 aliphatic rings. The number of rotatable bonds is 3. The highest BCUT2D eigenvalue weighted by atomic mass is 32.2. The number of hydrogen-bond donors (Lipinski definition) is 0. The molecule has 1 aliphatic heterocycles. The fourth-order valence-electron chi connectivity index (χ4n) is 2.78. The molecule has 1 heterocycles. The Morgan fingerprint density at radius 2 is 1.70 bits per heavy atom. The van der Waals surface area contributed by atoms with Crippen LogP contribution in [0, 0.1) is 6.92 Å². The van der Waals surface area contributed by atoms with Gasteiger partial charge in [-0.15, -0.1) is 0 Å². The van der Waals surface area contributed by atoms with Gasteiger partial charge in [-0.3, -0.25) is 0 Å². The summed E-state index contributed by atoms with van der Waals surface area (Å²) in [5, 5.41) is 0. The van der Waals surface area contributed by atoms with Gasteiger partial charge >= 0.3 is 0 Å². The summed E-state index contributed by atoms with van der Waals surface area (Å²) >= 11 is 0. The van der Waals surface area contributed by atoms with Crippen molar-refractivity contribution in [3.8, 4) is 0 Å². The first kappa shape index (κ1) is 16.2. The molecule has 2 atom stereocenters. The average Bonchev–Trinajstić information content (AvgIpc) is 2.56. The molecule has 0 saturated carbocycles. The Bertz CT molecular complexity index is 757. The van der Waals surface area contributed by atoms with Crippen LogP contribution in [0.3, 0.4) is 0 Å². The lowest BCUT2D eigenvalue weighted by atomic mass is 10.1. The maximum Gasteiger partial charge on any atom is 0.243 e. The van der Waals surface area contributed by atoms with Gasteiger partial charge in [0.2, 0.25) is 10.0 Å². The van der Waals surface area contributed by atoms with Crippen LogP contribution in [0.5, 0.6) is 0 Å². The quantitative estimate of drug-likeness (QED) is 0.868. The Kier molecular flexibility index (Phi) is 4.53. The number of nitrogens with zero attached hydrogens (tertiary/aromatic N) is 1. The van der Waals surface area contributed by atoms with Crippen molar-refractivity contribution in [1.29, 1.82) is 0 Å². The van der Waals surface area contributed by atoms with Crippen LogP contribution in [0.1, 0.15) is 24.2 Å². The molecule has 122 valence electrons. The van der Waals surface area contributed by atoms with Crippen LogP contribution in [-0.4, -0.2) is 31.9 Å². The van der Waals surface area contributed by atoms with Gasteiger partial charge in [-0.25, -0.2) is 8.42 Å². The number of benzene rings is 2. The first-order valence-electron chi connectivity index (χ1n) is 7.73. The van der Waals surface area contributed by atoms with Crippen LogP contribution in [0.4, 0.5) is 0 Å². The van der Waals surface area contributed by atoms with E-state index in [4.69, 9.17) is 4.74 Å². The minimum atomic E-state index is -3.52. The zero-order valence-electron chi connectivity index (χ0n) is 13.3. The molecule has 0 aromatic heterocycles. The molecule has 4 nitrogen and oxygen atoms in total. The van der Waals surface area contributed by atoms with E-state index in [0.717, 1.165) is 11.1 Å². The molecular weight excluding hydrogens is 310 g/mol. The normalized spacial score (nSPS) is 22.9. The highest BCUT2D eigenvalue weighted by Gasteiger charge is 2.35. The van der Waals surface area contributed by atoms with Gasteiger partial charge in [0.1, 0.15) is 0 Å². The van der Waals surface area contributed by atoms with Crippen LogP contribution < -0.4 is 0 Å². The first-order chi connectivity index (χ1) is 11.0. The van der Waals surface area contributed by atoms with E-state index in [0.29, 0.717) is 18.0 Å². The first-order valence-corrected chi connectivity index (χ1v) is 9.17. The predicted octanol–water partition coefficient (Wildman–Crippen LogP) is 3.15. The van der Waals surface area contributed by atoms with Crippen LogP contribution in [0.2, 0.25) is 0 Å². The number of ether oxygens (including phenoxy) is 1. The molecule has 0 bridgehead atoms. The summed E-state index contributed by atoms with van der Waals surface area (Å²) in [7, 11) is -3.52. The molecule has 0 unspecified atom stereocenters. The molecule has 5 heteroatoms. The Morgan fingerprint density at radius 1 is 1.04 bits per heavy atom. The zero-order valence-corrected chi connectivity index (χ0v) is 14.2. The zero-order chi connectivity index (χ0) is 16.4. The monoisotopic (exact) mass is 331 g/mol. The van der Waals surface area contributed by atoms with Crippen molar-refractivity contribution in [3.05, 3.63) is 65.7 Å². The summed E-state index contributed by atoms with van der Waals surface area (Å²) in [4.78, 5) is 0.337. The molecular formula is C18H21NO3S. The van der Waals surface area contributed by atoms with Crippen LogP contribution in [-0.2, 0) is 14.8 Å². The largest absolute Gasteiger partial charge is 0.370 e. The van der Waals surface area contributed by atoms with Gasteiger partial charge in [-0.1, -0.05) is 48.0 Å². The number of morpholine rings is 1. The maximum absolute atomic E-state index is 13.0. The minimum absolute atomic E-state index is 0.179. The van der Waals surface area contributed by atoms with Gasteiger partial charge in [-0.2, -0.15) is 4.31 Å². The smallest absolute Gasteiger partial charge is 0.243 e. The Labute approximate surface area is 137 Å². The molecule has 0 aliphatic carbocycles. The second kappa shape index (κ2) is 6.43. The summed E-state index contributed by atoms with van der Waals surface area (Å²) in [6, 6.07) is 16.6. The lowest BCUT2D eigenvalue weighted by Gasteiger charge is -2.37. The second-order valence-corrected chi connectivity index (χ2v) is 7.86. The SMILES string of the molecule is Cc1ccc(S(=O)(=O)N2C[C@H](c3ccccc3)OC[C@@H]2C)cc1. The van der Waals surface area contributed by atoms with E-state index in [2.05, 4.69) is 0 Å². The molecule has 23 heavy (non-hydrogen) atoms. The highest BCUT2D eigenvalue weighted by Crippen LogP contribution is 2.29. The molecule has 1 saturated heterocycles. The predicted molar refractivity (Wildman–Crippen MR) is 89.7 cm³/mol. The topological polar surface area (TPSA) is 46.6 Å². The molecule has 0 amide bonds. The van der Waals surface area contributed by atoms with E-state index in [1.165, 1.54) is 0 Å². The minimum Gasteiger partial charge on any atom is -0.370 e.